The topological polar surface area (TPSA) is 71.2 Å². The van der Waals surface area contributed by atoms with Gasteiger partial charge in [-0.3, -0.25) is 0 Å². The number of hydrogen-bond donors (Lipinski definition) is 3. The summed E-state index contributed by atoms with van der Waals surface area (Å²) < 4.78 is 0.906. The van der Waals surface area contributed by atoms with Gasteiger partial charge >= 0.3 is 0 Å². The lowest BCUT2D eigenvalue weighted by Gasteiger charge is -2.42. The fraction of sp³-hybridized carbons (Fsp3) is 0.545. The summed E-state index contributed by atoms with van der Waals surface area (Å²) in [5.74, 6) is 0.506. The fourth-order valence-corrected chi connectivity index (χ4v) is 2.45. The van der Waals surface area contributed by atoms with Gasteiger partial charge in [-0.2, -0.15) is 0 Å². The largest absolute Gasteiger partial charge is 0.393 e. The van der Waals surface area contributed by atoms with Crippen LogP contribution in [0.15, 0.2) is 16.7 Å². The Balaban J connectivity index is 1.97. The molecule has 0 atom stereocenters. The quantitative estimate of drug-likeness (QED) is 0.794. The molecule has 2 rings (SSSR count). The van der Waals surface area contributed by atoms with E-state index in [1.165, 1.54) is 0 Å². The van der Waals surface area contributed by atoms with E-state index in [0.717, 1.165) is 29.5 Å². The Labute approximate surface area is 103 Å². The summed E-state index contributed by atoms with van der Waals surface area (Å²) in [6.07, 6.45) is 3.24. The van der Waals surface area contributed by atoms with E-state index in [-0.39, 0.29) is 11.5 Å². The molecule has 0 aliphatic heterocycles. The summed E-state index contributed by atoms with van der Waals surface area (Å²) in [4.78, 5) is 4.06. The Morgan fingerprint density at radius 1 is 1.69 bits per heavy atom. The third-order valence-corrected chi connectivity index (χ3v) is 3.48. The summed E-state index contributed by atoms with van der Waals surface area (Å²) in [6.45, 7) is 2.97. The monoisotopic (exact) mass is 285 g/mol. The van der Waals surface area contributed by atoms with E-state index in [9.17, 15) is 5.11 Å². The number of halogens is 1. The highest BCUT2D eigenvalue weighted by Crippen LogP contribution is 2.40. The van der Waals surface area contributed by atoms with Crippen LogP contribution in [-0.4, -0.2) is 22.7 Å². The number of pyridine rings is 1. The number of aliphatic hydroxyl groups excluding tert-OH is 1. The molecule has 1 aromatic rings. The molecule has 0 amide bonds. The van der Waals surface area contributed by atoms with Crippen LogP contribution < -0.4 is 11.1 Å². The van der Waals surface area contributed by atoms with E-state index in [2.05, 4.69) is 33.2 Å². The number of nitrogens with two attached hydrogens (primary N) is 1. The molecular formula is C11H16BrN3O. The van der Waals surface area contributed by atoms with Crippen molar-refractivity contribution in [3.05, 3.63) is 16.7 Å². The normalized spacial score (nSPS) is 28.6. The second kappa shape index (κ2) is 4.22. The lowest BCUT2D eigenvalue weighted by molar-refractivity contribution is -0.0117. The van der Waals surface area contributed by atoms with Gasteiger partial charge in [-0.05, 0) is 40.3 Å². The SMILES string of the molecule is CC1(CNc2cc(Br)cnc2N)CC(O)C1. The molecule has 0 radical (unpaired) electrons. The number of aromatic nitrogens is 1. The maximum Gasteiger partial charge on any atom is 0.146 e. The average molecular weight is 286 g/mol. The minimum atomic E-state index is -0.134. The first-order valence-electron chi connectivity index (χ1n) is 5.31. The van der Waals surface area contributed by atoms with Crippen LogP contribution in [0.3, 0.4) is 0 Å². The van der Waals surface area contributed by atoms with Crippen molar-refractivity contribution < 1.29 is 5.11 Å². The molecule has 1 aromatic heterocycles. The highest BCUT2D eigenvalue weighted by atomic mass is 79.9. The number of rotatable bonds is 3. The van der Waals surface area contributed by atoms with E-state index >= 15 is 0 Å². The molecule has 1 aliphatic carbocycles. The van der Waals surface area contributed by atoms with Crippen LogP contribution in [0.25, 0.3) is 0 Å². The molecule has 0 bridgehead atoms. The molecule has 0 aromatic carbocycles. The molecule has 4 N–H and O–H groups in total. The van der Waals surface area contributed by atoms with Crippen molar-refractivity contribution >= 4 is 27.4 Å². The zero-order chi connectivity index (χ0) is 11.8. The number of hydrogen-bond acceptors (Lipinski definition) is 4. The third-order valence-electron chi connectivity index (χ3n) is 3.05. The predicted molar refractivity (Wildman–Crippen MR) is 68.2 cm³/mol. The molecule has 5 heteroatoms. The molecule has 1 saturated carbocycles. The molecule has 1 fully saturated rings. The van der Waals surface area contributed by atoms with Crippen molar-refractivity contribution in [1.82, 2.24) is 4.98 Å². The summed E-state index contributed by atoms with van der Waals surface area (Å²) in [5.41, 5.74) is 6.78. The molecule has 88 valence electrons. The zero-order valence-corrected chi connectivity index (χ0v) is 10.8. The minimum absolute atomic E-state index is 0.134. The van der Waals surface area contributed by atoms with E-state index in [0.29, 0.717) is 5.82 Å². The Bertz CT molecular complexity index is 391. The van der Waals surface area contributed by atoms with Crippen LogP contribution in [0, 0.1) is 5.41 Å². The predicted octanol–water partition coefficient (Wildman–Crippen LogP) is 2.00. The second-order valence-electron chi connectivity index (χ2n) is 4.81. The van der Waals surface area contributed by atoms with Gasteiger partial charge in [0, 0.05) is 17.2 Å². The average Bonchev–Trinajstić information content (AvgIpc) is 2.17. The summed E-state index contributed by atoms with van der Waals surface area (Å²) in [7, 11) is 0. The Kier molecular flexibility index (Phi) is 3.08. The first-order valence-corrected chi connectivity index (χ1v) is 6.11. The Hall–Kier alpha value is -0.810. The van der Waals surface area contributed by atoms with Crippen molar-refractivity contribution in [2.45, 2.75) is 25.9 Å². The van der Waals surface area contributed by atoms with Gasteiger partial charge in [0.15, 0.2) is 0 Å². The van der Waals surface area contributed by atoms with Gasteiger partial charge in [-0.25, -0.2) is 4.98 Å². The smallest absolute Gasteiger partial charge is 0.146 e. The standard InChI is InChI=1S/C11H16BrN3O/c1-11(3-8(16)4-11)6-15-9-2-7(12)5-14-10(9)13/h2,5,8,15-16H,3-4,6H2,1H3,(H2,13,14). The highest BCUT2D eigenvalue weighted by molar-refractivity contribution is 9.10. The van der Waals surface area contributed by atoms with Crippen LogP contribution in [0.1, 0.15) is 19.8 Å². The van der Waals surface area contributed by atoms with Crippen LogP contribution >= 0.6 is 15.9 Å². The van der Waals surface area contributed by atoms with E-state index < -0.39 is 0 Å². The second-order valence-corrected chi connectivity index (χ2v) is 5.73. The molecule has 1 heterocycles. The number of aliphatic hydroxyl groups is 1. The summed E-state index contributed by atoms with van der Waals surface area (Å²) in [5, 5.41) is 12.6. The van der Waals surface area contributed by atoms with Crippen LogP contribution in [0.5, 0.6) is 0 Å². The van der Waals surface area contributed by atoms with Crippen molar-refractivity contribution in [1.29, 1.82) is 0 Å². The first-order chi connectivity index (χ1) is 7.48. The maximum atomic E-state index is 9.31. The molecule has 0 spiro atoms. The number of nitrogens with zero attached hydrogens (tertiary/aromatic N) is 1. The first kappa shape index (κ1) is 11.7. The lowest BCUT2D eigenvalue weighted by atomic mass is 9.68. The number of nitrogens with one attached hydrogen (secondary N) is 1. The highest BCUT2D eigenvalue weighted by Gasteiger charge is 2.38. The van der Waals surface area contributed by atoms with Crippen LogP contribution in [0.2, 0.25) is 0 Å². The number of nitrogen functional groups attached to an aromatic ring is 1. The van der Waals surface area contributed by atoms with Crippen LogP contribution in [0.4, 0.5) is 11.5 Å². The molecular weight excluding hydrogens is 270 g/mol. The fourth-order valence-electron chi connectivity index (χ4n) is 2.12. The van der Waals surface area contributed by atoms with E-state index in [4.69, 9.17) is 5.73 Å². The molecule has 4 nitrogen and oxygen atoms in total. The van der Waals surface area contributed by atoms with Gasteiger partial charge in [-0.1, -0.05) is 6.92 Å². The van der Waals surface area contributed by atoms with Crippen molar-refractivity contribution in [3.63, 3.8) is 0 Å². The van der Waals surface area contributed by atoms with Gasteiger partial charge in [0.1, 0.15) is 5.82 Å². The number of anilines is 2. The summed E-state index contributed by atoms with van der Waals surface area (Å²) >= 11 is 3.36. The van der Waals surface area contributed by atoms with E-state index in [1.54, 1.807) is 6.20 Å². The van der Waals surface area contributed by atoms with Gasteiger partial charge in [-0.15, -0.1) is 0 Å². The Morgan fingerprint density at radius 2 is 2.38 bits per heavy atom. The Morgan fingerprint density at radius 3 is 3.00 bits per heavy atom. The zero-order valence-electron chi connectivity index (χ0n) is 9.20. The maximum absolute atomic E-state index is 9.31. The van der Waals surface area contributed by atoms with Gasteiger partial charge in [0.2, 0.25) is 0 Å². The van der Waals surface area contributed by atoms with Gasteiger partial charge < -0.3 is 16.2 Å². The summed E-state index contributed by atoms with van der Waals surface area (Å²) in [6, 6.07) is 1.92. The van der Waals surface area contributed by atoms with Gasteiger partial charge in [0.25, 0.3) is 0 Å². The van der Waals surface area contributed by atoms with Crippen molar-refractivity contribution in [2.24, 2.45) is 5.41 Å². The molecule has 16 heavy (non-hydrogen) atoms. The van der Waals surface area contributed by atoms with Crippen LogP contribution in [-0.2, 0) is 0 Å². The molecule has 0 saturated heterocycles. The molecule has 0 unspecified atom stereocenters. The third kappa shape index (κ3) is 2.47. The minimum Gasteiger partial charge on any atom is -0.393 e. The lowest BCUT2D eigenvalue weighted by Crippen LogP contribution is -2.43. The van der Waals surface area contributed by atoms with Gasteiger partial charge in [0.05, 0.1) is 11.8 Å². The van der Waals surface area contributed by atoms with Crippen molar-refractivity contribution in [2.75, 3.05) is 17.6 Å². The molecule has 1 aliphatic rings. The van der Waals surface area contributed by atoms with E-state index in [1.807, 2.05) is 6.07 Å². The van der Waals surface area contributed by atoms with Crippen molar-refractivity contribution in [3.8, 4) is 0 Å².